The van der Waals surface area contributed by atoms with Gasteiger partial charge in [-0.05, 0) is 48.1 Å². The van der Waals surface area contributed by atoms with Gasteiger partial charge in [0.25, 0.3) is 0 Å². The minimum absolute atomic E-state index is 0.742. The highest BCUT2D eigenvalue weighted by Crippen LogP contribution is 2.41. The highest BCUT2D eigenvalue weighted by Gasteiger charge is 2.27. The minimum Gasteiger partial charge on any atom is -0.0985 e. The van der Waals surface area contributed by atoms with Crippen LogP contribution in [0.25, 0.3) is 6.08 Å². The molecular formula is C19H28. The van der Waals surface area contributed by atoms with Crippen LogP contribution in [0.4, 0.5) is 0 Å². The first kappa shape index (κ1) is 14.4. The lowest BCUT2D eigenvalue weighted by atomic mass is 9.71. The van der Waals surface area contributed by atoms with Gasteiger partial charge in [-0.15, -0.1) is 0 Å². The van der Waals surface area contributed by atoms with Gasteiger partial charge in [0.05, 0.1) is 0 Å². The molecular weight excluding hydrogens is 228 g/mol. The van der Waals surface area contributed by atoms with Crippen LogP contribution in [0, 0.1) is 11.8 Å². The van der Waals surface area contributed by atoms with Crippen LogP contribution in [0.5, 0.6) is 0 Å². The molecule has 1 aliphatic carbocycles. The average molecular weight is 256 g/mol. The largest absolute Gasteiger partial charge is 0.0985 e. The predicted molar refractivity (Wildman–Crippen MR) is 85.3 cm³/mol. The van der Waals surface area contributed by atoms with Gasteiger partial charge in [0.15, 0.2) is 0 Å². The first-order chi connectivity index (χ1) is 9.26. The van der Waals surface area contributed by atoms with Gasteiger partial charge in [-0.25, -0.2) is 0 Å². The Balaban J connectivity index is 2.21. The highest BCUT2D eigenvalue weighted by molar-refractivity contribution is 5.53. The maximum absolute atomic E-state index is 3.99. The molecule has 0 amide bonds. The smallest absolute Gasteiger partial charge is 0.0128 e. The quantitative estimate of drug-likeness (QED) is 0.602. The Hall–Kier alpha value is -1.04. The van der Waals surface area contributed by atoms with Gasteiger partial charge < -0.3 is 0 Å². The molecule has 2 rings (SSSR count). The van der Waals surface area contributed by atoms with Gasteiger partial charge in [0.1, 0.15) is 0 Å². The molecule has 0 bridgehead atoms. The van der Waals surface area contributed by atoms with E-state index < -0.39 is 0 Å². The predicted octanol–water partition coefficient (Wildman–Crippen LogP) is 6.04. The molecule has 0 aliphatic heterocycles. The van der Waals surface area contributed by atoms with Gasteiger partial charge >= 0.3 is 0 Å². The van der Waals surface area contributed by atoms with E-state index in [4.69, 9.17) is 0 Å². The Morgan fingerprint density at radius 3 is 2.53 bits per heavy atom. The average Bonchev–Trinajstić information content (AvgIpc) is 2.46. The first-order valence-corrected chi connectivity index (χ1v) is 7.97. The minimum atomic E-state index is 0.742. The van der Waals surface area contributed by atoms with Crippen molar-refractivity contribution in [3.63, 3.8) is 0 Å². The van der Waals surface area contributed by atoms with Crippen molar-refractivity contribution in [1.29, 1.82) is 0 Å². The van der Waals surface area contributed by atoms with Crippen molar-refractivity contribution in [3.05, 3.63) is 42.0 Å². The molecule has 0 saturated heterocycles. The monoisotopic (exact) mass is 256 g/mol. The third-order valence-corrected chi connectivity index (χ3v) is 4.84. The number of hydrogen-bond acceptors (Lipinski definition) is 0. The van der Waals surface area contributed by atoms with Crippen LogP contribution < -0.4 is 0 Å². The number of benzene rings is 1. The Morgan fingerprint density at radius 1 is 1.21 bits per heavy atom. The van der Waals surface area contributed by atoms with Gasteiger partial charge in [0.2, 0.25) is 0 Å². The fourth-order valence-electron chi connectivity index (χ4n) is 3.68. The zero-order valence-electron chi connectivity index (χ0n) is 12.6. The normalized spacial score (nSPS) is 24.9. The van der Waals surface area contributed by atoms with Crippen LogP contribution >= 0.6 is 0 Å². The van der Waals surface area contributed by atoms with Gasteiger partial charge in [-0.1, -0.05) is 70.0 Å². The van der Waals surface area contributed by atoms with E-state index in [1.54, 1.807) is 5.56 Å². The van der Waals surface area contributed by atoms with Crippen molar-refractivity contribution in [2.75, 3.05) is 0 Å². The Labute approximate surface area is 118 Å². The summed E-state index contributed by atoms with van der Waals surface area (Å²) in [5, 5.41) is 0. The molecule has 1 aliphatic rings. The number of rotatable bonds is 5. The summed E-state index contributed by atoms with van der Waals surface area (Å²) in [5.74, 6) is 2.57. The first-order valence-electron chi connectivity index (χ1n) is 7.97. The van der Waals surface area contributed by atoms with Crippen LogP contribution in [0.3, 0.4) is 0 Å². The van der Waals surface area contributed by atoms with E-state index in [-0.39, 0.29) is 0 Å². The zero-order chi connectivity index (χ0) is 13.7. The molecule has 1 saturated carbocycles. The molecule has 0 N–H and O–H groups in total. The topological polar surface area (TPSA) is 0 Å². The summed E-state index contributed by atoms with van der Waals surface area (Å²) in [6.45, 7) is 8.71. The standard InChI is InChI=1S/C19H28/c1-4-8-18(17-13-11-15(3)12-14-17)19-10-7-6-9-16(19)5-2/h5-7,9-10,15,17-18H,2,4,8,11-14H2,1,3H3. The van der Waals surface area contributed by atoms with Crippen molar-refractivity contribution in [2.45, 2.75) is 58.3 Å². The lowest BCUT2D eigenvalue weighted by molar-refractivity contribution is 0.246. The lowest BCUT2D eigenvalue weighted by Crippen LogP contribution is -2.20. The van der Waals surface area contributed by atoms with Crippen molar-refractivity contribution in [1.82, 2.24) is 0 Å². The summed E-state index contributed by atoms with van der Waals surface area (Å²) in [7, 11) is 0. The third kappa shape index (κ3) is 3.49. The molecule has 0 nitrogen and oxygen atoms in total. The second kappa shape index (κ2) is 6.93. The molecule has 104 valence electrons. The van der Waals surface area contributed by atoms with E-state index >= 15 is 0 Å². The van der Waals surface area contributed by atoms with E-state index in [1.807, 2.05) is 6.08 Å². The van der Waals surface area contributed by atoms with Gasteiger partial charge in [-0.3, -0.25) is 0 Å². The van der Waals surface area contributed by atoms with Crippen LogP contribution in [0.2, 0.25) is 0 Å². The second-order valence-corrected chi connectivity index (χ2v) is 6.25. The van der Waals surface area contributed by atoms with E-state index in [0.29, 0.717) is 0 Å². The molecule has 19 heavy (non-hydrogen) atoms. The van der Waals surface area contributed by atoms with Crippen molar-refractivity contribution >= 4 is 6.08 Å². The van der Waals surface area contributed by atoms with Gasteiger partial charge in [0, 0.05) is 0 Å². The SMILES string of the molecule is C=Cc1ccccc1C(CCC)C1CCC(C)CC1. The third-order valence-electron chi connectivity index (χ3n) is 4.84. The summed E-state index contributed by atoms with van der Waals surface area (Å²) in [5.41, 5.74) is 2.89. The fourth-order valence-corrected chi connectivity index (χ4v) is 3.68. The molecule has 0 heteroatoms. The van der Waals surface area contributed by atoms with Crippen molar-refractivity contribution in [2.24, 2.45) is 11.8 Å². The summed E-state index contributed by atoms with van der Waals surface area (Å²) >= 11 is 0. The summed E-state index contributed by atoms with van der Waals surface area (Å²) < 4.78 is 0. The number of hydrogen-bond donors (Lipinski definition) is 0. The molecule has 1 fully saturated rings. The fraction of sp³-hybridized carbons (Fsp3) is 0.579. The molecule has 0 aromatic heterocycles. The maximum Gasteiger partial charge on any atom is -0.0128 e. The van der Waals surface area contributed by atoms with E-state index in [2.05, 4.69) is 44.7 Å². The molecule has 1 aromatic rings. The van der Waals surface area contributed by atoms with Crippen molar-refractivity contribution < 1.29 is 0 Å². The van der Waals surface area contributed by atoms with Gasteiger partial charge in [-0.2, -0.15) is 0 Å². The Morgan fingerprint density at radius 2 is 1.89 bits per heavy atom. The lowest BCUT2D eigenvalue weighted by Gasteiger charge is -2.33. The molecule has 1 aromatic carbocycles. The highest BCUT2D eigenvalue weighted by atomic mass is 14.3. The molecule has 0 spiro atoms. The zero-order valence-corrected chi connectivity index (χ0v) is 12.6. The van der Waals surface area contributed by atoms with Crippen LogP contribution in [-0.2, 0) is 0 Å². The molecule has 0 radical (unpaired) electrons. The Kier molecular flexibility index (Phi) is 5.24. The summed E-state index contributed by atoms with van der Waals surface area (Å²) in [4.78, 5) is 0. The summed E-state index contributed by atoms with van der Waals surface area (Å²) in [6.07, 6.45) is 10.3. The van der Waals surface area contributed by atoms with E-state index in [0.717, 1.165) is 17.8 Å². The summed E-state index contributed by atoms with van der Waals surface area (Å²) in [6, 6.07) is 8.87. The second-order valence-electron chi connectivity index (χ2n) is 6.25. The molecule has 1 unspecified atom stereocenters. The maximum atomic E-state index is 3.99. The van der Waals surface area contributed by atoms with E-state index in [9.17, 15) is 0 Å². The van der Waals surface area contributed by atoms with Crippen LogP contribution in [0.1, 0.15) is 69.4 Å². The van der Waals surface area contributed by atoms with E-state index in [1.165, 1.54) is 44.1 Å². The Bertz CT molecular complexity index is 396. The molecule has 1 atom stereocenters. The van der Waals surface area contributed by atoms with Crippen LogP contribution in [0.15, 0.2) is 30.8 Å². The van der Waals surface area contributed by atoms with Crippen LogP contribution in [-0.4, -0.2) is 0 Å². The molecule has 0 heterocycles. The van der Waals surface area contributed by atoms with Crippen molar-refractivity contribution in [3.8, 4) is 0 Å².